The molecule has 0 aliphatic carbocycles. The first-order chi connectivity index (χ1) is 9.20. The summed E-state index contributed by atoms with van der Waals surface area (Å²) < 4.78 is 8.00. The van der Waals surface area contributed by atoms with Crippen molar-refractivity contribution < 1.29 is 9.53 Å². The quantitative estimate of drug-likeness (QED) is 0.733. The van der Waals surface area contributed by atoms with Crippen LogP contribution in [0.3, 0.4) is 0 Å². The third kappa shape index (κ3) is 1.91. The molecule has 0 unspecified atom stereocenters. The molecule has 0 bridgehead atoms. The highest BCUT2D eigenvalue weighted by Gasteiger charge is 2.20. The first-order valence-electron chi connectivity index (χ1n) is 6.31. The Labute approximate surface area is 108 Å². The summed E-state index contributed by atoms with van der Waals surface area (Å²) in [6.45, 7) is 2.69. The fraction of sp³-hybridized carbons (Fsp3) is 0.500. The van der Waals surface area contributed by atoms with Crippen LogP contribution in [0.1, 0.15) is 19.2 Å². The van der Waals surface area contributed by atoms with Crippen molar-refractivity contribution in [3.8, 4) is 0 Å². The Hall–Kier alpha value is -2.18. The molecule has 19 heavy (non-hydrogen) atoms. The van der Waals surface area contributed by atoms with Gasteiger partial charge in [-0.15, -0.1) is 0 Å². The molecule has 2 aromatic heterocycles. The Balaban J connectivity index is 2.05. The minimum absolute atomic E-state index is 0.115. The van der Waals surface area contributed by atoms with Crippen LogP contribution in [0.2, 0.25) is 0 Å². The zero-order valence-corrected chi connectivity index (χ0v) is 10.6. The van der Waals surface area contributed by atoms with Gasteiger partial charge in [-0.1, -0.05) is 0 Å². The fourth-order valence-corrected chi connectivity index (χ4v) is 2.38. The number of carbonyl (C=O) groups is 1. The van der Waals surface area contributed by atoms with E-state index in [0.29, 0.717) is 17.8 Å². The van der Waals surface area contributed by atoms with E-state index in [1.54, 1.807) is 6.92 Å². The maximum atomic E-state index is 12.3. The Bertz CT molecular complexity index is 701. The van der Waals surface area contributed by atoms with Crippen molar-refractivity contribution in [3.05, 3.63) is 22.5 Å². The van der Waals surface area contributed by atoms with E-state index < -0.39 is 5.97 Å². The van der Waals surface area contributed by atoms with Gasteiger partial charge >= 0.3 is 5.97 Å². The van der Waals surface area contributed by atoms with Crippen LogP contribution in [0.5, 0.6) is 0 Å². The minimum Gasteiger partial charge on any atom is -0.465 e. The van der Waals surface area contributed by atoms with Gasteiger partial charge < -0.3 is 9.30 Å². The van der Waals surface area contributed by atoms with Crippen LogP contribution < -0.4 is 5.56 Å². The lowest BCUT2D eigenvalue weighted by Gasteiger charge is -2.05. The second-order valence-corrected chi connectivity index (χ2v) is 4.44. The van der Waals surface area contributed by atoms with Crippen LogP contribution in [0.25, 0.3) is 11.2 Å². The molecule has 0 saturated carbocycles. The van der Waals surface area contributed by atoms with Gasteiger partial charge in [0.1, 0.15) is 18.7 Å². The predicted molar refractivity (Wildman–Crippen MR) is 66.7 cm³/mol. The number of hydrogen-bond donors (Lipinski definition) is 0. The molecule has 1 aliphatic heterocycles. The third-order valence-electron chi connectivity index (χ3n) is 3.20. The Morgan fingerprint density at radius 1 is 1.53 bits per heavy atom. The van der Waals surface area contributed by atoms with Gasteiger partial charge in [0.25, 0.3) is 5.56 Å². The second kappa shape index (κ2) is 4.49. The summed E-state index contributed by atoms with van der Waals surface area (Å²) >= 11 is 0. The van der Waals surface area contributed by atoms with Crippen molar-refractivity contribution in [3.63, 3.8) is 0 Å². The first-order valence-corrected chi connectivity index (χ1v) is 6.31. The zero-order chi connectivity index (χ0) is 13.4. The van der Waals surface area contributed by atoms with Crippen LogP contribution in [-0.4, -0.2) is 31.7 Å². The highest BCUT2D eigenvalue weighted by molar-refractivity contribution is 5.72. The number of esters is 1. The van der Waals surface area contributed by atoms with Gasteiger partial charge in [0.2, 0.25) is 0 Å². The number of nitrogens with zero attached hydrogens (tertiary/aromatic N) is 4. The molecule has 0 fully saturated rings. The summed E-state index contributed by atoms with van der Waals surface area (Å²) in [7, 11) is 0. The molecule has 7 nitrogen and oxygen atoms in total. The van der Waals surface area contributed by atoms with Gasteiger partial charge in [-0.05, 0) is 13.3 Å². The predicted octanol–water partition coefficient (Wildman–Crippen LogP) is 0.102. The first kappa shape index (κ1) is 11.9. The van der Waals surface area contributed by atoms with Crippen molar-refractivity contribution in [1.82, 2.24) is 19.1 Å². The van der Waals surface area contributed by atoms with E-state index in [2.05, 4.69) is 9.97 Å². The summed E-state index contributed by atoms with van der Waals surface area (Å²) in [6, 6.07) is 0. The van der Waals surface area contributed by atoms with E-state index in [1.165, 1.54) is 10.9 Å². The topological polar surface area (TPSA) is 79.0 Å². The van der Waals surface area contributed by atoms with Crippen molar-refractivity contribution >= 4 is 17.1 Å². The molecule has 0 N–H and O–H groups in total. The smallest absolute Gasteiger partial charge is 0.326 e. The number of aromatic nitrogens is 4. The van der Waals surface area contributed by atoms with Crippen LogP contribution in [0.4, 0.5) is 0 Å². The van der Waals surface area contributed by atoms with E-state index >= 15 is 0 Å². The van der Waals surface area contributed by atoms with Crippen molar-refractivity contribution in [2.24, 2.45) is 0 Å². The lowest BCUT2D eigenvalue weighted by atomic mass is 10.4. The van der Waals surface area contributed by atoms with Crippen molar-refractivity contribution in [1.29, 1.82) is 0 Å². The number of hydrogen-bond acceptors (Lipinski definition) is 5. The van der Waals surface area contributed by atoms with E-state index in [4.69, 9.17) is 4.74 Å². The molecule has 3 rings (SSSR count). The molecule has 7 heteroatoms. The van der Waals surface area contributed by atoms with Crippen LogP contribution in [-0.2, 0) is 29.0 Å². The summed E-state index contributed by atoms with van der Waals surface area (Å²) in [5.41, 5.74) is 0.706. The molecule has 0 radical (unpaired) electrons. The number of fused-ring (bicyclic) bond motifs is 3. The van der Waals surface area contributed by atoms with Crippen LogP contribution in [0.15, 0.2) is 11.1 Å². The fourth-order valence-electron chi connectivity index (χ4n) is 2.38. The highest BCUT2D eigenvalue weighted by atomic mass is 16.5. The number of aryl methyl sites for hydroxylation is 2. The molecule has 0 aromatic carbocycles. The minimum atomic E-state index is -0.438. The van der Waals surface area contributed by atoms with Gasteiger partial charge in [0.05, 0.1) is 6.61 Å². The molecule has 100 valence electrons. The molecular weight excluding hydrogens is 248 g/mol. The summed E-state index contributed by atoms with van der Waals surface area (Å²) in [6.07, 6.45) is 3.21. The number of imidazole rings is 1. The van der Waals surface area contributed by atoms with E-state index in [-0.39, 0.29) is 12.1 Å². The maximum Gasteiger partial charge on any atom is 0.326 e. The van der Waals surface area contributed by atoms with Crippen LogP contribution >= 0.6 is 0 Å². The van der Waals surface area contributed by atoms with E-state index in [9.17, 15) is 9.59 Å². The van der Waals surface area contributed by atoms with Gasteiger partial charge in [-0.2, -0.15) is 0 Å². The Morgan fingerprint density at radius 2 is 2.37 bits per heavy atom. The Kier molecular flexibility index (Phi) is 2.81. The largest absolute Gasteiger partial charge is 0.465 e. The third-order valence-corrected chi connectivity index (χ3v) is 3.20. The monoisotopic (exact) mass is 262 g/mol. The molecule has 0 spiro atoms. The average Bonchev–Trinajstić information content (AvgIpc) is 2.93. The Morgan fingerprint density at radius 3 is 3.16 bits per heavy atom. The standard InChI is InChI=1S/C12H14N4O3/c1-2-19-9(17)6-15-7-13-11-10(12(15)18)16-5-3-4-8(16)14-11/h7H,2-6H2,1H3. The van der Waals surface area contributed by atoms with Gasteiger partial charge in [-0.3, -0.25) is 14.2 Å². The number of carbonyl (C=O) groups excluding carboxylic acids is 1. The normalized spacial score (nSPS) is 13.7. The number of ether oxygens (including phenoxy) is 1. The van der Waals surface area contributed by atoms with E-state index in [1.807, 2.05) is 4.57 Å². The molecule has 3 heterocycles. The number of rotatable bonds is 3. The molecule has 0 saturated heterocycles. The van der Waals surface area contributed by atoms with Gasteiger partial charge in [-0.25, -0.2) is 9.97 Å². The molecular formula is C12H14N4O3. The SMILES string of the molecule is CCOC(=O)Cn1cnc2nc3n(c2c1=O)CCC3. The molecule has 0 amide bonds. The maximum absolute atomic E-state index is 12.3. The zero-order valence-electron chi connectivity index (χ0n) is 10.6. The van der Waals surface area contributed by atoms with Crippen molar-refractivity contribution in [2.45, 2.75) is 32.9 Å². The summed E-state index contributed by atoms with van der Waals surface area (Å²) in [5, 5.41) is 0. The summed E-state index contributed by atoms with van der Waals surface area (Å²) in [5.74, 6) is 0.459. The summed E-state index contributed by atoms with van der Waals surface area (Å²) in [4.78, 5) is 32.3. The lowest BCUT2D eigenvalue weighted by Crippen LogP contribution is -2.26. The van der Waals surface area contributed by atoms with Gasteiger partial charge in [0, 0.05) is 13.0 Å². The van der Waals surface area contributed by atoms with Crippen LogP contribution in [0, 0.1) is 0 Å². The van der Waals surface area contributed by atoms with Gasteiger partial charge in [0.15, 0.2) is 11.2 Å². The molecule has 0 atom stereocenters. The molecule has 1 aliphatic rings. The second-order valence-electron chi connectivity index (χ2n) is 4.44. The molecule has 2 aromatic rings. The lowest BCUT2D eigenvalue weighted by molar-refractivity contribution is -0.143. The average molecular weight is 262 g/mol. The van der Waals surface area contributed by atoms with Crippen molar-refractivity contribution in [2.75, 3.05) is 6.61 Å². The van der Waals surface area contributed by atoms with E-state index in [0.717, 1.165) is 25.2 Å². The highest BCUT2D eigenvalue weighted by Crippen LogP contribution is 2.18.